The molecule has 0 spiro atoms. The number of pyridine rings is 1. The normalized spacial score (nSPS) is 19.8. The summed E-state index contributed by atoms with van der Waals surface area (Å²) in [7, 11) is 6.25. The fraction of sp³-hybridized carbons (Fsp3) is 0.300. The van der Waals surface area contributed by atoms with Crippen molar-refractivity contribution >= 4 is 24.8 Å². The van der Waals surface area contributed by atoms with Crippen LogP contribution in [0.2, 0.25) is 0 Å². The fourth-order valence-corrected chi connectivity index (χ4v) is 5.38. The van der Waals surface area contributed by atoms with Crippen molar-refractivity contribution in [2.75, 3.05) is 25.0 Å². The highest BCUT2D eigenvalue weighted by Crippen LogP contribution is 2.30. The standard InChI is InChI=1S/C30H31BN6O/c31-27-19-34-37-29(33-18-23-8-5-13-32-17-23)16-28(35-30(27)37)24-9-6-14-36(21-24)20-22-7-4-12-26(15-22)38-25-10-2-1-3-11-25/h1-5,7-8,10-13,16-17,19,22,24,33H,6,9,14-15,18,20-21H2. The monoisotopic (exact) mass is 502 g/mol. The summed E-state index contributed by atoms with van der Waals surface area (Å²) in [4.78, 5) is 11.8. The van der Waals surface area contributed by atoms with Crippen molar-refractivity contribution in [3.63, 3.8) is 0 Å². The van der Waals surface area contributed by atoms with Gasteiger partial charge in [-0.1, -0.05) is 36.4 Å². The van der Waals surface area contributed by atoms with Crippen molar-refractivity contribution in [1.82, 2.24) is 24.5 Å². The summed E-state index contributed by atoms with van der Waals surface area (Å²) in [6, 6.07) is 16.2. The molecule has 4 heterocycles. The van der Waals surface area contributed by atoms with E-state index >= 15 is 0 Å². The number of para-hydroxylation sites is 1. The number of nitrogens with zero attached hydrogens (tertiary/aromatic N) is 5. The molecule has 0 saturated carbocycles. The largest absolute Gasteiger partial charge is 0.462 e. The molecular formula is C30H31BN6O. The summed E-state index contributed by atoms with van der Waals surface area (Å²) in [5, 5.41) is 7.98. The van der Waals surface area contributed by atoms with E-state index < -0.39 is 0 Å². The van der Waals surface area contributed by atoms with Crippen LogP contribution in [0, 0.1) is 5.92 Å². The number of aromatic nitrogens is 4. The second-order valence-electron chi connectivity index (χ2n) is 10.1. The van der Waals surface area contributed by atoms with E-state index in [1.807, 2.05) is 42.6 Å². The predicted molar refractivity (Wildman–Crippen MR) is 151 cm³/mol. The van der Waals surface area contributed by atoms with Crippen molar-refractivity contribution in [1.29, 1.82) is 0 Å². The van der Waals surface area contributed by atoms with Crippen molar-refractivity contribution in [2.45, 2.75) is 31.7 Å². The van der Waals surface area contributed by atoms with Gasteiger partial charge in [-0.05, 0) is 60.6 Å². The van der Waals surface area contributed by atoms with E-state index in [-0.39, 0.29) is 0 Å². The Morgan fingerprint density at radius 2 is 2.03 bits per heavy atom. The third-order valence-electron chi connectivity index (χ3n) is 7.25. The zero-order chi connectivity index (χ0) is 25.7. The first-order valence-electron chi connectivity index (χ1n) is 13.3. The minimum atomic E-state index is 0.338. The number of hydrogen-bond acceptors (Lipinski definition) is 6. The van der Waals surface area contributed by atoms with Crippen LogP contribution in [0.1, 0.15) is 36.4 Å². The molecule has 3 aromatic heterocycles. The van der Waals surface area contributed by atoms with E-state index in [4.69, 9.17) is 17.6 Å². The summed E-state index contributed by atoms with van der Waals surface area (Å²) in [5.74, 6) is 3.57. The molecule has 38 heavy (non-hydrogen) atoms. The Hall–Kier alpha value is -3.91. The first kappa shape index (κ1) is 24.4. The molecule has 1 aliphatic heterocycles. The number of benzene rings is 1. The Morgan fingerprint density at radius 1 is 1.11 bits per heavy atom. The van der Waals surface area contributed by atoms with Crippen molar-refractivity contribution in [2.24, 2.45) is 5.92 Å². The van der Waals surface area contributed by atoms with Crippen LogP contribution in [0.4, 0.5) is 5.82 Å². The topological polar surface area (TPSA) is 67.6 Å². The molecule has 1 N–H and O–H groups in total. The lowest BCUT2D eigenvalue weighted by Gasteiger charge is -2.35. The molecule has 0 bridgehead atoms. The molecule has 2 radical (unpaired) electrons. The van der Waals surface area contributed by atoms with Gasteiger partial charge < -0.3 is 15.0 Å². The van der Waals surface area contributed by atoms with Gasteiger partial charge >= 0.3 is 0 Å². The minimum absolute atomic E-state index is 0.338. The van der Waals surface area contributed by atoms with Gasteiger partial charge in [0.1, 0.15) is 25.2 Å². The number of fused-ring (bicyclic) bond motifs is 1. The zero-order valence-corrected chi connectivity index (χ0v) is 21.4. The molecule has 4 aromatic rings. The molecule has 1 saturated heterocycles. The van der Waals surface area contributed by atoms with Gasteiger partial charge in [0.05, 0.1) is 5.69 Å². The first-order chi connectivity index (χ1) is 18.7. The number of rotatable bonds is 8. The van der Waals surface area contributed by atoms with E-state index in [0.717, 1.165) is 67.5 Å². The third kappa shape index (κ3) is 5.65. The van der Waals surface area contributed by atoms with Gasteiger partial charge in [0.15, 0.2) is 5.65 Å². The number of piperidine rings is 1. The lowest BCUT2D eigenvalue weighted by Crippen LogP contribution is -2.38. The molecule has 6 rings (SSSR count). The Labute approximate surface area is 224 Å². The Kier molecular flexibility index (Phi) is 7.22. The molecule has 0 amide bonds. The first-order valence-corrected chi connectivity index (χ1v) is 13.3. The SMILES string of the molecule is [B]c1cnn2c(NCc3cccnc3)cc(C3CCCN(CC4C=CC=C(Oc5ccccc5)C4)C3)nc12. The second kappa shape index (κ2) is 11.2. The number of hydrogen-bond donors (Lipinski definition) is 1. The minimum Gasteiger partial charge on any atom is -0.462 e. The van der Waals surface area contributed by atoms with Crippen LogP contribution in [-0.2, 0) is 6.54 Å². The van der Waals surface area contributed by atoms with Crippen LogP contribution in [0.25, 0.3) is 5.65 Å². The average molecular weight is 502 g/mol. The van der Waals surface area contributed by atoms with Gasteiger partial charge in [0, 0.05) is 56.6 Å². The summed E-state index contributed by atoms with van der Waals surface area (Å²) >= 11 is 0. The highest BCUT2D eigenvalue weighted by atomic mass is 16.5. The highest BCUT2D eigenvalue weighted by molar-refractivity contribution is 6.36. The lowest BCUT2D eigenvalue weighted by molar-refractivity contribution is 0.184. The van der Waals surface area contributed by atoms with Crippen molar-refractivity contribution < 1.29 is 4.74 Å². The quantitative estimate of drug-likeness (QED) is 0.364. The number of nitrogens with one attached hydrogen (secondary N) is 1. The molecule has 1 aromatic carbocycles. The van der Waals surface area contributed by atoms with Gasteiger partial charge in [0.25, 0.3) is 0 Å². The summed E-state index contributed by atoms with van der Waals surface area (Å²) in [5.41, 5.74) is 3.47. The van der Waals surface area contributed by atoms with Crippen LogP contribution in [0.15, 0.2) is 91.1 Å². The van der Waals surface area contributed by atoms with Crippen molar-refractivity contribution in [3.05, 3.63) is 102 Å². The lowest BCUT2D eigenvalue weighted by atomic mass is 9.92. The van der Waals surface area contributed by atoms with E-state index in [1.165, 1.54) is 0 Å². The molecule has 7 nitrogen and oxygen atoms in total. The number of allylic oxidation sites excluding steroid dienone is 3. The van der Waals surface area contributed by atoms with Crippen LogP contribution in [0.5, 0.6) is 5.75 Å². The van der Waals surface area contributed by atoms with Gasteiger partial charge in [-0.2, -0.15) is 9.61 Å². The molecule has 190 valence electrons. The maximum absolute atomic E-state index is 6.25. The van der Waals surface area contributed by atoms with Crippen LogP contribution < -0.4 is 15.5 Å². The fourth-order valence-electron chi connectivity index (χ4n) is 5.38. The Balaban J connectivity index is 1.14. The maximum Gasteiger partial charge on any atom is 0.150 e. The van der Waals surface area contributed by atoms with Gasteiger partial charge in [-0.3, -0.25) is 4.98 Å². The van der Waals surface area contributed by atoms with E-state index in [0.29, 0.717) is 29.5 Å². The third-order valence-corrected chi connectivity index (χ3v) is 7.25. The number of anilines is 1. The van der Waals surface area contributed by atoms with E-state index in [1.54, 1.807) is 16.9 Å². The second-order valence-corrected chi connectivity index (χ2v) is 10.1. The van der Waals surface area contributed by atoms with Crippen molar-refractivity contribution in [3.8, 4) is 5.75 Å². The zero-order valence-electron chi connectivity index (χ0n) is 21.4. The van der Waals surface area contributed by atoms with Crippen LogP contribution >= 0.6 is 0 Å². The molecule has 2 atom stereocenters. The molecule has 2 unspecified atom stereocenters. The van der Waals surface area contributed by atoms with Gasteiger partial charge in [-0.25, -0.2) is 4.98 Å². The van der Waals surface area contributed by atoms with Crippen LogP contribution in [0.3, 0.4) is 0 Å². The Morgan fingerprint density at radius 3 is 2.89 bits per heavy atom. The molecule has 8 heteroatoms. The summed E-state index contributed by atoms with van der Waals surface area (Å²) in [6.45, 7) is 3.73. The Bertz CT molecular complexity index is 1440. The highest BCUT2D eigenvalue weighted by Gasteiger charge is 2.26. The van der Waals surface area contributed by atoms with Crippen LogP contribution in [-0.4, -0.2) is 52.0 Å². The molecule has 1 fully saturated rings. The molecule has 1 aliphatic carbocycles. The smallest absolute Gasteiger partial charge is 0.150 e. The van der Waals surface area contributed by atoms with E-state index in [9.17, 15) is 0 Å². The number of ether oxygens (including phenoxy) is 1. The average Bonchev–Trinajstić information content (AvgIpc) is 3.34. The predicted octanol–water partition coefficient (Wildman–Crippen LogP) is 4.25. The number of likely N-dealkylation sites (tertiary alicyclic amines) is 1. The maximum atomic E-state index is 6.25. The van der Waals surface area contributed by atoms with E-state index in [2.05, 4.69) is 50.7 Å². The summed E-state index contributed by atoms with van der Waals surface area (Å²) in [6.07, 6.45) is 15.0. The molecule has 2 aliphatic rings. The molecular weight excluding hydrogens is 471 g/mol. The van der Waals surface area contributed by atoms with Gasteiger partial charge in [-0.15, -0.1) is 0 Å². The summed E-state index contributed by atoms with van der Waals surface area (Å²) < 4.78 is 7.92. The van der Waals surface area contributed by atoms with Gasteiger partial charge in [0.2, 0.25) is 0 Å².